The van der Waals surface area contributed by atoms with Crippen molar-refractivity contribution in [3.8, 4) is 0 Å². The van der Waals surface area contributed by atoms with E-state index in [0.29, 0.717) is 31.7 Å². The predicted molar refractivity (Wildman–Crippen MR) is 38.9 cm³/mol. The Hall–Kier alpha value is -0.860. The standard InChI is InChI=1S/C8H11NO2/c10-7-3-4-9-5-6(7)1-2-8(9)11/h6H,1-5H2. The molecule has 0 aromatic rings. The minimum atomic E-state index is 0.168. The third kappa shape index (κ3) is 1.04. The van der Waals surface area contributed by atoms with Gasteiger partial charge in [-0.05, 0) is 6.42 Å². The molecule has 0 aromatic carbocycles. The van der Waals surface area contributed by atoms with E-state index < -0.39 is 0 Å². The van der Waals surface area contributed by atoms with Gasteiger partial charge in [0, 0.05) is 31.8 Å². The average Bonchev–Trinajstić information content (AvgIpc) is 2.02. The number of ketones is 1. The highest BCUT2D eigenvalue weighted by molar-refractivity contribution is 5.87. The number of fused-ring (bicyclic) bond motifs is 2. The summed E-state index contributed by atoms with van der Waals surface area (Å²) in [7, 11) is 0. The first-order chi connectivity index (χ1) is 5.27. The van der Waals surface area contributed by atoms with E-state index in [1.54, 1.807) is 0 Å². The van der Waals surface area contributed by atoms with Crippen molar-refractivity contribution < 1.29 is 9.59 Å². The Bertz CT molecular complexity index is 190. The van der Waals surface area contributed by atoms with Gasteiger partial charge in [0.15, 0.2) is 0 Å². The third-order valence-corrected chi connectivity index (χ3v) is 2.58. The van der Waals surface area contributed by atoms with Crippen molar-refractivity contribution in [2.24, 2.45) is 5.92 Å². The van der Waals surface area contributed by atoms with Gasteiger partial charge >= 0.3 is 0 Å². The molecule has 0 spiro atoms. The number of carbonyl (C=O) groups excluding carboxylic acids is 2. The normalized spacial score (nSPS) is 30.9. The molecule has 0 aliphatic carbocycles. The Morgan fingerprint density at radius 3 is 2.91 bits per heavy atom. The Morgan fingerprint density at radius 1 is 1.27 bits per heavy atom. The van der Waals surface area contributed by atoms with Crippen LogP contribution >= 0.6 is 0 Å². The van der Waals surface area contributed by atoms with Gasteiger partial charge in [-0.2, -0.15) is 0 Å². The summed E-state index contributed by atoms with van der Waals surface area (Å²) in [5.74, 6) is 0.754. The van der Waals surface area contributed by atoms with Crippen LogP contribution in [0.2, 0.25) is 0 Å². The fraction of sp³-hybridized carbons (Fsp3) is 0.750. The lowest BCUT2D eigenvalue weighted by Crippen LogP contribution is -2.47. The molecule has 2 heterocycles. The second kappa shape index (κ2) is 2.32. The van der Waals surface area contributed by atoms with Crippen LogP contribution in [-0.2, 0) is 9.59 Å². The van der Waals surface area contributed by atoms with Crippen LogP contribution < -0.4 is 0 Å². The first kappa shape index (κ1) is 6.83. The van der Waals surface area contributed by atoms with Crippen molar-refractivity contribution in [3.05, 3.63) is 0 Å². The molecular formula is C8H11NO2. The summed E-state index contributed by atoms with van der Waals surface area (Å²) in [5, 5.41) is 0. The molecule has 0 aromatic heterocycles. The van der Waals surface area contributed by atoms with Crippen LogP contribution in [-0.4, -0.2) is 29.7 Å². The molecule has 0 radical (unpaired) electrons. The Labute approximate surface area is 65.4 Å². The van der Waals surface area contributed by atoms with Gasteiger partial charge < -0.3 is 4.90 Å². The number of Topliss-reactive ketones (excluding diaryl/α,β-unsaturated/α-hetero) is 1. The smallest absolute Gasteiger partial charge is 0.222 e. The number of rotatable bonds is 0. The van der Waals surface area contributed by atoms with Gasteiger partial charge in [0.05, 0.1) is 0 Å². The first-order valence-electron chi connectivity index (χ1n) is 4.08. The van der Waals surface area contributed by atoms with Crippen molar-refractivity contribution in [1.82, 2.24) is 4.90 Å². The van der Waals surface area contributed by atoms with Gasteiger partial charge in [-0.15, -0.1) is 0 Å². The molecule has 2 bridgehead atoms. The number of amides is 1. The van der Waals surface area contributed by atoms with Crippen LogP contribution in [0.5, 0.6) is 0 Å². The monoisotopic (exact) mass is 153 g/mol. The fourth-order valence-corrected chi connectivity index (χ4v) is 1.84. The topological polar surface area (TPSA) is 37.4 Å². The molecule has 0 N–H and O–H groups in total. The van der Waals surface area contributed by atoms with Crippen LogP contribution in [0.4, 0.5) is 0 Å². The predicted octanol–water partition coefficient (Wildman–Crippen LogP) is 0.198. The highest BCUT2D eigenvalue weighted by Crippen LogP contribution is 2.23. The number of piperidine rings is 2. The van der Waals surface area contributed by atoms with E-state index in [4.69, 9.17) is 0 Å². The van der Waals surface area contributed by atoms with E-state index in [1.807, 2.05) is 4.90 Å². The number of hydrogen-bond acceptors (Lipinski definition) is 2. The van der Waals surface area contributed by atoms with Gasteiger partial charge in [-0.3, -0.25) is 9.59 Å². The summed E-state index contributed by atoms with van der Waals surface area (Å²) in [6, 6.07) is 0. The molecule has 2 saturated heterocycles. The summed E-state index contributed by atoms with van der Waals surface area (Å²) >= 11 is 0. The summed E-state index contributed by atoms with van der Waals surface area (Å²) in [6.07, 6.45) is 1.95. The fourth-order valence-electron chi connectivity index (χ4n) is 1.84. The van der Waals surface area contributed by atoms with Crippen LogP contribution in [0.1, 0.15) is 19.3 Å². The SMILES string of the molecule is O=C1CCN2CC1CCC2=O. The highest BCUT2D eigenvalue weighted by atomic mass is 16.2. The van der Waals surface area contributed by atoms with E-state index in [2.05, 4.69) is 0 Å². The van der Waals surface area contributed by atoms with Crippen LogP contribution in [0.3, 0.4) is 0 Å². The van der Waals surface area contributed by atoms with Gasteiger partial charge in [-0.1, -0.05) is 0 Å². The van der Waals surface area contributed by atoms with E-state index >= 15 is 0 Å². The number of hydrogen-bond donors (Lipinski definition) is 0. The summed E-state index contributed by atoms with van der Waals surface area (Å²) in [4.78, 5) is 24.1. The number of carbonyl (C=O) groups is 2. The summed E-state index contributed by atoms with van der Waals surface area (Å²) in [6.45, 7) is 1.35. The lowest BCUT2D eigenvalue weighted by Gasteiger charge is -2.36. The van der Waals surface area contributed by atoms with Crippen molar-refractivity contribution in [3.63, 3.8) is 0 Å². The molecule has 2 rings (SSSR count). The van der Waals surface area contributed by atoms with Gasteiger partial charge in [0.1, 0.15) is 5.78 Å². The molecule has 60 valence electrons. The van der Waals surface area contributed by atoms with Crippen LogP contribution in [0.25, 0.3) is 0 Å². The van der Waals surface area contributed by atoms with E-state index in [9.17, 15) is 9.59 Å². The zero-order valence-corrected chi connectivity index (χ0v) is 6.38. The van der Waals surface area contributed by atoms with Gasteiger partial charge in [-0.25, -0.2) is 0 Å². The van der Waals surface area contributed by atoms with Crippen molar-refractivity contribution in [1.29, 1.82) is 0 Å². The van der Waals surface area contributed by atoms with Crippen LogP contribution in [0.15, 0.2) is 0 Å². The van der Waals surface area contributed by atoms with E-state index in [0.717, 1.165) is 6.42 Å². The molecule has 2 aliphatic rings. The zero-order valence-electron chi connectivity index (χ0n) is 6.38. The van der Waals surface area contributed by atoms with E-state index in [-0.39, 0.29) is 11.8 Å². The lowest BCUT2D eigenvalue weighted by molar-refractivity contribution is -0.142. The maximum atomic E-state index is 11.2. The third-order valence-electron chi connectivity index (χ3n) is 2.58. The maximum Gasteiger partial charge on any atom is 0.222 e. The second-order valence-corrected chi connectivity index (χ2v) is 3.29. The lowest BCUT2D eigenvalue weighted by atomic mass is 9.88. The number of nitrogens with zero attached hydrogens (tertiary/aromatic N) is 1. The Morgan fingerprint density at radius 2 is 2.09 bits per heavy atom. The van der Waals surface area contributed by atoms with Crippen molar-refractivity contribution in [2.45, 2.75) is 19.3 Å². The maximum absolute atomic E-state index is 11.2. The summed E-state index contributed by atoms with van der Waals surface area (Å²) in [5.41, 5.74) is 0. The molecule has 1 atom stereocenters. The quantitative estimate of drug-likeness (QED) is 0.498. The molecule has 2 aliphatic heterocycles. The second-order valence-electron chi connectivity index (χ2n) is 3.29. The Balaban J connectivity index is 2.14. The highest BCUT2D eigenvalue weighted by Gasteiger charge is 2.33. The minimum absolute atomic E-state index is 0.168. The Kier molecular flexibility index (Phi) is 1.44. The molecular weight excluding hydrogens is 142 g/mol. The first-order valence-corrected chi connectivity index (χ1v) is 4.08. The molecule has 0 saturated carbocycles. The molecule has 11 heavy (non-hydrogen) atoms. The molecule has 1 amide bonds. The molecule has 2 fully saturated rings. The molecule has 3 nitrogen and oxygen atoms in total. The molecule has 3 heteroatoms. The van der Waals surface area contributed by atoms with Crippen LogP contribution in [0, 0.1) is 5.92 Å². The van der Waals surface area contributed by atoms with Gasteiger partial charge in [0.25, 0.3) is 0 Å². The minimum Gasteiger partial charge on any atom is -0.342 e. The average molecular weight is 153 g/mol. The van der Waals surface area contributed by atoms with Crippen molar-refractivity contribution in [2.75, 3.05) is 13.1 Å². The zero-order chi connectivity index (χ0) is 7.84. The largest absolute Gasteiger partial charge is 0.342 e. The summed E-state index contributed by atoms with van der Waals surface area (Å²) < 4.78 is 0. The molecule has 1 unspecified atom stereocenters. The van der Waals surface area contributed by atoms with Crippen molar-refractivity contribution >= 4 is 11.7 Å². The van der Waals surface area contributed by atoms with E-state index in [1.165, 1.54) is 0 Å². The van der Waals surface area contributed by atoms with Gasteiger partial charge in [0.2, 0.25) is 5.91 Å².